The van der Waals surface area contributed by atoms with Gasteiger partial charge in [-0.15, -0.1) is 11.3 Å². The molecule has 0 amide bonds. The first-order valence-corrected chi connectivity index (χ1v) is 6.77. The first kappa shape index (κ1) is 11.9. The van der Waals surface area contributed by atoms with Crippen molar-refractivity contribution >= 4 is 17.0 Å². The summed E-state index contributed by atoms with van der Waals surface area (Å²) in [7, 11) is 0. The van der Waals surface area contributed by atoms with Crippen molar-refractivity contribution in [2.75, 3.05) is 4.90 Å². The van der Waals surface area contributed by atoms with Gasteiger partial charge >= 0.3 is 0 Å². The minimum Gasteiger partial charge on any atom is -0.321 e. The number of halogens is 1. The molecule has 0 saturated heterocycles. The van der Waals surface area contributed by atoms with E-state index in [1.54, 1.807) is 16.5 Å². The van der Waals surface area contributed by atoms with Crippen molar-refractivity contribution in [1.82, 2.24) is 4.98 Å². The Labute approximate surface area is 114 Å². The Kier molecular flexibility index (Phi) is 3.25. The molecule has 94 valence electrons. The van der Waals surface area contributed by atoms with Crippen molar-refractivity contribution in [2.24, 2.45) is 0 Å². The Morgan fingerprint density at radius 1 is 1.05 bits per heavy atom. The van der Waals surface area contributed by atoms with Gasteiger partial charge in [-0.25, -0.2) is 9.37 Å². The average molecular weight is 270 g/mol. The van der Waals surface area contributed by atoms with E-state index in [2.05, 4.69) is 4.98 Å². The number of allylic oxidation sites excluding steroid dienone is 4. The van der Waals surface area contributed by atoms with Gasteiger partial charge in [0.05, 0.1) is 16.9 Å². The molecular formula is C15H11FN2S. The molecule has 0 spiro atoms. The van der Waals surface area contributed by atoms with E-state index in [1.165, 1.54) is 17.4 Å². The number of benzene rings is 1. The van der Waals surface area contributed by atoms with Gasteiger partial charge in [-0.2, -0.15) is 0 Å². The third-order valence-electron chi connectivity index (χ3n) is 2.78. The molecule has 2 aromatic rings. The summed E-state index contributed by atoms with van der Waals surface area (Å²) in [4.78, 5) is 5.94. The Bertz CT molecular complexity index is 641. The fourth-order valence-corrected chi connectivity index (χ4v) is 2.42. The zero-order chi connectivity index (χ0) is 13.1. The van der Waals surface area contributed by atoms with Crippen LogP contribution >= 0.6 is 11.3 Å². The lowest BCUT2D eigenvalue weighted by atomic mass is 10.1. The largest absolute Gasteiger partial charge is 0.321 e. The van der Waals surface area contributed by atoms with Crippen molar-refractivity contribution in [3.05, 3.63) is 71.6 Å². The van der Waals surface area contributed by atoms with Crippen molar-refractivity contribution in [3.8, 4) is 11.3 Å². The Morgan fingerprint density at radius 2 is 1.84 bits per heavy atom. The Hall–Kier alpha value is -2.20. The molecule has 19 heavy (non-hydrogen) atoms. The van der Waals surface area contributed by atoms with E-state index in [4.69, 9.17) is 0 Å². The summed E-state index contributed by atoms with van der Waals surface area (Å²) in [5.74, 6) is -0.262. The van der Waals surface area contributed by atoms with Crippen LogP contribution in [0.2, 0.25) is 0 Å². The molecule has 0 saturated carbocycles. The molecule has 4 heteroatoms. The van der Waals surface area contributed by atoms with Crippen molar-refractivity contribution in [2.45, 2.75) is 0 Å². The molecule has 0 unspecified atom stereocenters. The molecule has 0 bridgehead atoms. The topological polar surface area (TPSA) is 16.1 Å². The third kappa shape index (κ3) is 2.48. The predicted octanol–water partition coefficient (Wildman–Crippen LogP) is 4.35. The predicted molar refractivity (Wildman–Crippen MR) is 77.4 cm³/mol. The van der Waals surface area contributed by atoms with Crippen LogP contribution in [0.15, 0.2) is 65.8 Å². The van der Waals surface area contributed by atoms with Gasteiger partial charge in [0.15, 0.2) is 0 Å². The number of hydrogen-bond acceptors (Lipinski definition) is 3. The molecule has 1 aromatic heterocycles. The number of hydrogen-bond donors (Lipinski definition) is 0. The second kappa shape index (κ2) is 5.20. The Morgan fingerprint density at radius 3 is 2.47 bits per heavy atom. The molecule has 0 aliphatic carbocycles. The molecule has 1 aliphatic heterocycles. The van der Waals surface area contributed by atoms with E-state index in [0.29, 0.717) is 5.69 Å². The van der Waals surface area contributed by atoms with Crippen molar-refractivity contribution < 1.29 is 4.39 Å². The molecule has 1 aliphatic rings. The summed E-state index contributed by atoms with van der Waals surface area (Å²) in [6.45, 7) is 0. The summed E-state index contributed by atoms with van der Waals surface area (Å²) in [5, 5.41) is 1.91. The standard InChI is InChI=1S/C15H11FN2S/c16-13-9-12(14-10-19-11-17-14)5-6-15(13)18-7-3-1-2-4-8-18/h1-11H. The maximum atomic E-state index is 14.2. The highest BCUT2D eigenvalue weighted by Gasteiger charge is 2.10. The molecule has 0 fully saturated rings. The smallest absolute Gasteiger partial charge is 0.147 e. The van der Waals surface area contributed by atoms with E-state index >= 15 is 0 Å². The second-order valence-corrected chi connectivity index (χ2v) is 4.73. The van der Waals surface area contributed by atoms with E-state index in [1.807, 2.05) is 48.2 Å². The minimum atomic E-state index is -0.262. The number of anilines is 1. The SMILES string of the molecule is Fc1cc(-c2cscn2)ccc1N1C=CC=CC=C1. The van der Waals surface area contributed by atoms with Crippen LogP contribution in [0.1, 0.15) is 0 Å². The summed E-state index contributed by atoms with van der Waals surface area (Å²) in [6, 6.07) is 5.17. The van der Waals surface area contributed by atoms with Gasteiger partial charge in [-0.3, -0.25) is 0 Å². The molecule has 3 rings (SSSR count). The monoisotopic (exact) mass is 270 g/mol. The van der Waals surface area contributed by atoms with Crippen LogP contribution in [0.3, 0.4) is 0 Å². The van der Waals surface area contributed by atoms with Crippen LogP contribution in [0.4, 0.5) is 10.1 Å². The average Bonchev–Trinajstić information content (AvgIpc) is 2.82. The summed E-state index contributed by atoms with van der Waals surface area (Å²) in [5.41, 5.74) is 3.87. The van der Waals surface area contributed by atoms with Crippen molar-refractivity contribution in [3.63, 3.8) is 0 Å². The number of nitrogens with zero attached hydrogens (tertiary/aromatic N) is 2. The lowest BCUT2D eigenvalue weighted by molar-refractivity contribution is 0.629. The summed E-state index contributed by atoms with van der Waals surface area (Å²) < 4.78 is 14.2. The first-order valence-electron chi connectivity index (χ1n) is 5.83. The van der Waals surface area contributed by atoms with Crippen molar-refractivity contribution in [1.29, 1.82) is 0 Å². The van der Waals surface area contributed by atoms with Crippen LogP contribution in [0.25, 0.3) is 11.3 Å². The zero-order valence-electron chi connectivity index (χ0n) is 10.0. The summed E-state index contributed by atoms with van der Waals surface area (Å²) in [6.07, 6.45) is 11.2. The van der Waals surface area contributed by atoms with E-state index in [-0.39, 0.29) is 5.82 Å². The Balaban J connectivity index is 1.96. The number of rotatable bonds is 2. The molecular weight excluding hydrogens is 259 g/mol. The van der Waals surface area contributed by atoms with Crippen LogP contribution in [-0.2, 0) is 0 Å². The van der Waals surface area contributed by atoms with Crippen LogP contribution < -0.4 is 4.90 Å². The van der Waals surface area contributed by atoms with Gasteiger partial charge < -0.3 is 4.90 Å². The molecule has 1 aromatic carbocycles. The number of thiazole rings is 1. The second-order valence-electron chi connectivity index (χ2n) is 4.02. The zero-order valence-corrected chi connectivity index (χ0v) is 10.8. The highest BCUT2D eigenvalue weighted by Crippen LogP contribution is 2.27. The normalized spacial score (nSPS) is 13.8. The van der Waals surface area contributed by atoms with Crippen LogP contribution in [0.5, 0.6) is 0 Å². The molecule has 0 radical (unpaired) electrons. The van der Waals surface area contributed by atoms with Gasteiger partial charge in [0.2, 0.25) is 0 Å². The molecule has 2 heterocycles. The first-order chi connectivity index (χ1) is 9.34. The van der Waals surface area contributed by atoms with Gasteiger partial charge in [-0.1, -0.05) is 18.2 Å². The lowest BCUT2D eigenvalue weighted by Gasteiger charge is -2.16. The van der Waals surface area contributed by atoms with Gasteiger partial charge in [0, 0.05) is 23.3 Å². The highest BCUT2D eigenvalue weighted by atomic mass is 32.1. The van der Waals surface area contributed by atoms with Gasteiger partial charge in [0.25, 0.3) is 0 Å². The van der Waals surface area contributed by atoms with E-state index in [9.17, 15) is 4.39 Å². The van der Waals surface area contributed by atoms with Gasteiger partial charge in [0.1, 0.15) is 5.82 Å². The van der Waals surface area contributed by atoms with E-state index < -0.39 is 0 Å². The van der Waals surface area contributed by atoms with Gasteiger partial charge in [-0.05, 0) is 24.3 Å². The fourth-order valence-electron chi connectivity index (χ4n) is 1.85. The third-order valence-corrected chi connectivity index (χ3v) is 3.37. The quantitative estimate of drug-likeness (QED) is 0.806. The fraction of sp³-hybridized carbons (Fsp3) is 0. The number of aromatic nitrogens is 1. The molecule has 0 N–H and O–H groups in total. The lowest BCUT2D eigenvalue weighted by Crippen LogP contribution is -2.08. The van der Waals surface area contributed by atoms with Crippen LogP contribution in [0, 0.1) is 5.82 Å². The maximum absolute atomic E-state index is 14.2. The molecule has 0 atom stereocenters. The van der Waals surface area contributed by atoms with Crippen LogP contribution in [-0.4, -0.2) is 4.98 Å². The summed E-state index contributed by atoms with van der Waals surface area (Å²) >= 11 is 1.50. The maximum Gasteiger partial charge on any atom is 0.147 e. The minimum absolute atomic E-state index is 0.262. The highest BCUT2D eigenvalue weighted by molar-refractivity contribution is 7.07. The molecule has 2 nitrogen and oxygen atoms in total. The van der Waals surface area contributed by atoms with E-state index in [0.717, 1.165) is 11.3 Å².